The number of nitrogens with zero attached hydrogens (tertiary/aromatic N) is 2. The third kappa shape index (κ3) is 4.10. The van der Waals surface area contributed by atoms with Gasteiger partial charge in [0.25, 0.3) is 0 Å². The molecule has 0 bridgehead atoms. The van der Waals surface area contributed by atoms with E-state index in [4.69, 9.17) is 4.74 Å². The van der Waals surface area contributed by atoms with Crippen LogP contribution in [0.15, 0.2) is 24.3 Å². The van der Waals surface area contributed by atoms with Gasteiger partial charge in [0.15, 0.2) is 0 Å². The van der Waals surface area contributed by atoms with Crippen molar-refractivity contribution in [3.63, 3.8) is 0 Å². The molecule has 1 atom stereocenters. The van der Waals surface area contributed by atoms with Crippen LogP contribution < -0.4 is 4.74 Å². The summed E-state index contributed by atoms with van der Waals surface area (Å²) in [7, 11) is 0. The average Bonchev–Trinajstić information content (AvgIpc) is 3.08. The summed E-state index contributed by atoms with van der Waals surface area (Å²) in [5.74, 6) is 2.00. The van der Waals surface area contributed by atoms with E-state index in [0.717, 1.165) is 44.1 Å². The third-order valence-electron chi connectivity index (χ3n) is 5.38. The van der Waals surface area contributed by atoms with Gasteiger partial charge in [0.2, 0.25) is 5.91 Å². The van der Waals surface area contributed by atoms with Gasteiger partial charge in [-0.25, -0.2) is 0 Å². The van der Waals surface area contributed by atoms with Crippen LogP contribution in [0.3, 0.4) is 0 Å². The highest BCUT2D eigenvalue weighted by Crippen LogP contribution is 2.33. The zero-order valence-electron chi connectivity index (χ0n) is 15.0. The van der Waals surface area contributed by atoms with Crippen molar-refractivity contribution in [2.45, 2.75) is 45.6 Å². The Hall–Kier alpha value is -1.55. The Kier molecular flexibility index (Phi) is 5.77. The fourth-order valence-electron chi connectivity index (χ4n) is 3.87. The van der Waals surface area contributed by atoms with Gasteiger partial charge in [-0.15, -0.1) is 0 Å². The van der Waals surface area contributed by atoms with Gasteiger partial charge in [0, 0.05) is 6.54 Å². The molecule has 0 aliphatic carbocycles. The van der Waals surface area contributed by atoms with Crippen LogP contribution in [0.1, 0.15) is 51.1 Å². The summed E-state index contributed by atoms with van der Waals surface area (Å²) >= 11 is 0. The number of hydrogen-bond donors (Lipinski definition) is 0. The molecule has 0 radical (unpaired) electrons. The molecule has 0 saturated carbocycles. The van der Waals surface area contributed by atoms with Crippen molar-refractivity contribution < 1.29 is 9.53 Å². The normalized spacial score (nSPS) is 22.8. The number of carbonyl (C=O) groups is 1. The molecule has 4 nitrogen and oxygen atoms in total. The molecular weight excluding hydrogens is 300 g/mol. The van der Waals surface area contributed by atoms with E-state index in [-0.39, 0.29) is 6.04 Å². The summed E-state index contributed by atoms with van der Waals surface area (Å²) in [4.78, 5) is 17.2. The van der Waals surface area contributed by atoms with E-state index in [1.165, 1.54) is 18.4 Å². The third-order valence-corrected chi connectivity index (χ3v) is 5.38. The largest absolute Gasteiger partial charge is 0.494 e. The first kappa shape index (κ1) is 17.3. The lowest BCUT2D eigenvalue weighted by atomic mass is 9.99. The minimum Gasteiger partial charge on any atom is -0.494 e. The van der Waals surface area contributed by atoms with E-state index in [1.54, 1.807) is 0 Å². The molecule has 0 spiro atoms. The summed E-state index contributed by atoms with van der Waals surface area (Å²) < 4.78 is 5.52. The predicted octanol–water partition coefficient (Wildman–Crippen LogP) is 3.48. The minimum absolute atomic E-state index is 0.233. The van der Waals surface area contributed by atoms with E-state index in [2.05, 4.69) is 28.9 Å². The Morgan fingerprint density at radius 2 is 1.83 bits per heavy atom. The van der Waals surface area contributed by atoms with Crippen molar-refractivity contribution in [1.29, 1.82) is 0 Å². The first-order valence-corrected chi connectivity index (χ1v) is 9.42. The Morgan fingerprint density at radius 1 is 1.12 bits per heavy atom. The van der Waals surface area contributed by atoms with E-state index in [9.17, 15) is 4.79 Å². The molecule has 1 aromatic carbocycles. The molecule has 1 aromatic rings. The maximum Gasteiger partial charge on any atom is 0.237 e. The molecule has 2 heterocycles. The smallest absolute Gasteiger partial charge is 0.237 e. The highest BCUT2D eigenvalue weighted by atomic mass is 16.5. The first-order chi connectivity index (χ1) is 11.7. The van der Waals surface area contributed by atoms with Crippen molar-refractivity contribution in [2.24, 2.45) is 5.92 Å². The van der Waals surface area contributed by atoms with Crippen LogP contribution in [0.2, 0.25) is 0 Å². The molecule has 24 heavy (non-hydrogen) atoms. The average molecular weight is 330 g/mol. The molecule has 4 heteroatoms. The molecule has 1 unspecified atom stereocenters. The van der Waals surface area contributed by atoms with Gasteiger partial charge in [0.05, 0.1) is 19.2 Å². The van der Waals surface area contributed by atoms with Gasteiger partial charge in [-0.05, 0) is 69.3 Å². The van der Waals surface area contributed by atoms with Crippen LogP contribution in [0.4, 0.5) is 0 Å². The zero-order valence-corrected chi connectivity index (χ0v) is 15.0. The Balaban J connectivity index is 1.61. The second-order valence-electron chi connectivity index (χ2n) is 7.21. The van der Waals surface area contributed by atoms with Crippen LogP contribution in [0.25, 0.3) is 0 Å². The van der Waals surface area contributed by atoms with E-state index >= 15 is 0 Å². The number of rotatable bonds is 5. The quantitative estimate of drug-likeness (QED) is 0.828. The fraction of sp³-hybridized carbons (Fsp3) is 0.650. The molecule has 0 N–H and O–H groups in total. The van der Waals surface area contributed by atoms with Gasteiger partial charge in [-0.2, -0.15) is 0 Å². The van der Waals surface area contributed by atoms with Crippen LogP contribution >= 0.6 is 0 Å². The van der Waals surface area contributed by atoms with Crippen LogP contribution in [-0.2, 0) is 4.79 Å². The number of benzene rings is 1. The molecule has 2 aliphatic rings. The van der Waals surface area contributed by atoms with Crippen molar-refractivity contribution in [3.8, 4) is 5.75 Å². The standard InChI is InChI=1S/C20H30N2O2/c1-3-24-18-8-6-17(7-9-18)19-5-4-12-22(19)20(23)15-21-13-10-16(2)11-14-21/h6-9,16,19H,3-5,10-15H2,1-2H3. The summed E-state index contributed by atoms with van der Waals surface area (Å²) in [5, 5.41) is 0. The highest BCUT2D eigenvalue weighted by molar-refractivity contribution is 5.79. The first-order valence-electron chi connectivity index (χ1n) is 9.42. The van der Waals surface area contributed by atoms with Crippen molar-refractivity contribution in [2.75, 3.05) is 32.8 Å². The van der Waals surface area contributed by atoms with Gasteiger partial charge in [-0.3, -0.25) is 9.69 Å². The number of likely N-dealkylation sites (tertiary alicyclic amines) is 2. The lowest BCUT2D eigenvalue weighted by Gasteiger charge is -2.32. The Labute approximate surface area is 145 Å². The van der Waals surface area contributed by atoms with Gasteiger partial charge >= 0.3 is 0 Å². The second-order valence-corrected chi connectivity index (χ2v) is 7.21. The number of carbonyl (C=O) groups excluding carboxylic acids is 1. The lowest BCUT2D eigenvalue weighted by Crippen LogP contribution is -2.43. The van der Waals surface area contributed by atoms with Crippen molar-refractivity contribution >= 4 is 5.91 Å². The van der Waals surface area contributed by atoms with E-state index in [1.807, 2.05) is 19.1 Å². The number of ether oxygens (including phenoxy) is 1. The monoisotopic (exact) mass is 330 g/mol. The van der Waals surface area contributed by atoms with Crippen molar-refractivity contribution in [1.82, 2.24) is 9.80 Å². The highest BCUT2D eigenvalue weighted by Gasteiger charge is 2.31. The molecule has 2 aliphatic heterocycles. The molecule has 1 amide bonds. The summed E-state index contributed by atoms with van der Waals surface area (Å²) in [6, 6.07) is 8.50. The molecular formula is C20H30N2O2. The maximum absolute atomic E-state index is 12.8. The number of amides is 1. The molecule has 2 saturated heterocycles. The van der Waals surface area contributed by atoms with Gasteiger partial charge < -0.3 is 9.64 Å². The SMILES string of the molecule is CCOc1ccc(C2CCCN2C(=O)CN2CCC(C)CC2)cc1. The fourth-order valence-corrected chi connectivity index (χ4v) is 3.87. The van der Waals surface area contributed by atoms with Crippen LogP contribution in [0, 0.1) is 5.92 Å². The maximum atomic E-state index is 12.8. The summed E-state index contributed by atoms with van der Waals surface area (Å²) in [6.45, 7) is 8.58. The zero-order chi connectivity index (χ0) is 16.9. The number of hydrogen-bond acceptors (Lipinski definition) is 3. The molecule has 132 valence electrons. The molecule has 2 fully saturated rings. The van der Waals surface area contributed by atoms with E-state index in [0.29, 0.717) is 19.1 Å². The van der Waals surface area contributed by atoms with Gasteiger partial charge in [0.1, 0.15) is 5.75 Å². The summed E-state index contributed by atoms with van der Waals surface area (Å²) in [5.41, 5.74) is 1.23. The van der Waals surface area contributed by atoms with Crippen LogP contribution in [-0.4, -0.2) is 48.5 Å². The molecule has 0 aromatic heterocycles. The summed E-state index contributed by atoms with van der Waals surface area (Å²) in [6.07, 6.45) is 4.60. The Morgan fingerprint density at radius 3 is 2.50 bits per heavy atom. The lowest BCUT2D eigenvalue weighted by molar-refractivity contribution is -0.133. The predicted molar refractivity (Wildman–Crippen MR) is 96.1 cm³/mol. The second kappa shape index (κ2) is 8.02. The Bertz CT molecular complexity index is 535. The number of piperidine rings is 1. The van der Waals surface area contributed by atoms with Crippen molar-refractivity contribution in [3.05, 3.63) is 29.8 Å². The minimum atomic E-state index is 0.233. The van der Waals surface area contributed by atoms with Crippen LogP contribution in [0.5, 0.6) is 5.75 Å². The van der Waals surface area contributed by atoms with E-state index < -0.39 is 0 Å². The van der Waals surface area contributed by atoms with Gasteiger partial charge in [-0.1, -0.05) is 19.1 Å². The molecule has 3 rings (SSSR count). The topological polar surface area (TPSA) is 32.8 Å².